The van der Waals surface area contributed by atoms with Crippen molar-refractivity contribution in [3.8, 4) is 0 Å². The summed E-state index contributed by atoms with van der Waals surface area (Å²) in [6.45, 7) is 3.69. The molecule has 0 saturated carbocycles. The highest BCUT2D eigenvalue weighted by molar-refractivity contribution is 6.13. The molecule has 96 valence electrons. The Balaban J connectivity index is 2.44. The molecule has 1 aromatic rings. The number of amides is 1. The molecule has 0 unspecified atom stereocenters. The van der Waals surface area contributed by atoms with Crippen molar-refractivity contribution in [1.82, 2.24) is 0 Å². The third kappa shape index (κ3) is 2.10. The maximum atomic E-state index is 13.5. The van der Waals surface area contributed by atoms with Crippen molar-refractivity contribution in [2.75, 3.05) is 5.01 Å². The van der Waals surface area contributed by atoms with E-state index >= 15 is 0 Å². The highest BCUT2D eigenvalue weighted by Crippen LogP contribution is 2.27. The fourth-order valence-electron chi connectivity index (χ4n) is 1.63. The van der Waals surface area contributed by atoms with Crippen molar-refractivity contribution < 1.29 is 18.0 Å². The molecule has 0 spiro atoms. The Hall–Kier alpha value is -1.85. The number of hydrazone groups is 1. The summed E-state index contributed by atoms with van der Waals surface area (Å²) in [5, 5.41) is 4.73. The number of anilines is 1. The van der Waals surface area contributed by atoms with Crippen molar-refractivity contribution in [2.24, 2.45) is 11.0 Å². The number of hydrogen-bond donors (Lipinski definition) is 0. The number of halogens is 3. The van der Waals surface area contributed by atoms with Gasteiger partial charge < -0.3 is 0 Å². The van der Waals surface area contributed by atoms with E-state index in [2.05, 4.69) is 5.10 Å². The molecule has 2 rings (SSSR count). The lowest BCUT2D eigenvalue weighted by atomic mass is 10.1. The second kappa shape index (κ2) is 4.44. The Morgan fingerprint density at radius 3 is 2.33 bits per heavy atom. The summed E-state index contributed by atoms with van der Waals surface area (Å²) in [5.74, 6) is -3.95. The lowest BCUT2D eigenvalue weighted by molar-refractivity contribution is -0.117. The Labute approximate surface area is 102 Å². The van der Waals surface area contributed by atoms with Gasteiger partial charge in [-0.3, -0.25) is 4.79 Å². The molecule has 0 aromatic heterocycles. The zero-order chi connectivity index (χ0) is 13.4. The molecule has 1 heterocycles. The zero-order valence-corrected chi connectivity index (χ0v) is 9.88. The van der Waals surface area contributed by atoms with Gasteiger partial charge in [-0.15, -0.1) is 0 Å². The Morgan fingerprint density at radius 2 is 1.78 bits per heavy atom. The van der Waals surface area contributed by atoms with Gasteiger partial charge >= 0.3 is 0 Å². The normalized spacial score (nSPS) is 15.6. The Morgan fingerprint density at radius 1 is 1.17 bits per heavy atom. The summed E-state index contributed by atoms with van der Waals surface area (Å²) in [6.07, 6.45) is 0.0656. The van der Waals surface area contributed by atoms with Gasteiger partial charge in [-0.25, -0.2) is 13.2 Å². The molecule has 1 aromatic carbocycles. The van der Waals surface area contributed by atoms with Crippen molar-refractivity contribution in [1.29, 1.82) is 0 Å². The number of rotatable bonds is 2. The number of nitrogens with zero attached hydrogens (tertiary/aromatic N) is 2. The smallest absolute Gasteiger partial charge is 0.253 e. The van der Waals surface area contributed by atoms with E-state index in [4.69, 9.17) is 0 Å². The molecule has 18 heavy (non-hydrogen) atoms. The van der Waals surface area contributed by atoms with Crippen LogP contribution in [0.5, 0.6) is 0 Å². The van der Waals surface area contributed by atoms with Gasteiger partial charge in [0.05, 0.1) is 12.1 Å². The van der Waals surface area contributed by atoms with Gasteiger partial charge in [-0.1, -0.05) is 13.8 Å². The second-order valence-electron chi connectivity index (χ2n) is 4.35. The first-order valence-corrected chi connectivity index (χ1v) is 5.45. The monoisotopic (exact) mass is 256 g/mol. The highest BCUT2D eigenvalue weighted by atomic mass is 19.2. The maximum Gasteiger partial charge on any atom is 0.253 e. The van der Waals surface area contributed by atoms with E-state index in [0.29, 0.717) is 17.8 Å². The van der Waals surface area contributed by atoms with Gasteiger partial charge in [0.25, 0.3) is 5.91 Å². The van der Waals surface area contributed by atoms with Crippen LogP contribution in [0.2, 0.25) is 0 Å². The van der Waals surface area contributed by atoms with E-state index in [-0.39, 0.29) is 18.0 Å². The number of carbonyl (C=O) groups excluding carboxylic acids is 1. The summed E-state index contributed by atoms with van der Waals surface area (Å²) in [7, 11) is 0. The molecule has 6 heteroatoms. The molecule has 0 N–H and O–H groups in total. The predicted octanol–water partition coefficient (Wildman–Crippen LogP) is 2.85. The fraction of sp³-hybridized carbons (Fsp3) is 0.333. The van der Waals surface area contributed by atoms with Crippen LogP contribution in [0.1, 0.15) is 20.3 Å². The van der Waals surface area contributed by atoms with Gasteiger partial charge in [0.1, 0.15) is 5.69 Å². The summed E-state index contributed by atoms with van der Waals surface area (Å²) in [6, 6.07) is 1.04. The quantitative estimate of drug-likeness (QED) is 0.749. The Kier molecular flexibility index (Phi) is 3.11. The molecule has 1 aliphatic rings. The van der Waals surface area contributed by atoms with Crippen LogP contribution >= 0.6 is 0 Å². The van der Waals surface area contributed by atoms with Gasteiger partial charge in [-0.05, 0) is 5.92 Å². The first kappa shape index (κ1) is 12.6. The van der Waals surface area contributed by atoms with Gasteiger partial charge in [0.2, 0.25) is 0 Å². The largest absolute Gasteiger partial charge is 0.272 e. The lowest BCUT2D eigenvalue weighted by Gasteiger charge is -2.12. The summed E-state index contributed by atoms with van der Waals surface area (Å²) < 4.78 is 39.4. The summed E-state index contributed by atoms with van der Waals surface area (Å²) in [5.41, 5.74) is 0.221. The van der Waals surface area contributed by atoms with Gasteiger partial charge in [0.15, 0.2) is 17.5 Å². The molecule has 0 atom stereocenters. The zero-order valence-electron chi connectivity index (χ0n) is 9.88. The van der Waals surface area contributed by atoms with E-state index in [1.165, 1.54) is 0 Å². The van der Waals surface area contributed by atoms with Gasteiger partial charge in [-0.2, -0.15) is 10.1 Å². The van der Waals surface area contributed by atoms with Crippen LogP contribution in [0.3, 0.4) is 0 Å². The van der Waals surface area contributed by atoms with Crippen LogP contribution in [-0.2, 0) is 4.79 Å². The SMILES string of the molecule is CC(C)C1=NN(c2cc(F)c(F)cc2F)C(=O)C1. The molecule has 0 aliphatic carbocycles. The maximum absolute atomic E-state index is 13.5. The van der Waals surface area contributed by atoms with E-state index in [1.807, 2.05) is 13.8 Å². The first-order chi connectivity index (χ1) is 8.40. The molecule has 3 nitrogen and oxygen atoms in total. The molecule has 1 amide bonds. The molecule has 0 saturated heterocycles. The topological polar surface area (TPSA) is 32.7 Å². The Bertz CT molecular complexity index is 540. The minimum Gasteiger partial charge on any atom is -0.272 e. The lowest BCUT2D eigenvalue weighted by Crippen LogP contribution is -2.21. The van der Waals surface area contributed by atoms with Crippen LogP contribution in [0, 0.1) is 23.4 Å². The molecule has 0 bridgehead atoms. The van der Waals surface area contributed by atoms with Crippen molar-refractivity contribution in [2.45, 2.75) is 20.3 Å². The number of benzene rings is 1. The second-order valence-corrected chi connectivity index (χ2v) is 4.35. The average molecular weight is 256 g/mol. The minimum atomic E-state index is -1.30. The van der Waals surface area contributed by atoms with E-state index < -0.39 is 23.4 Å². The molecule has 0 radical (unpaired) electrons. The minimum absolute atomic E-state index is 0.0345. The van der Waals surface area contributed by atoms with E-state index in [1.54, 1.807) is 0 Å². The van der Waals surface area contributed by atoms with Crippen molar-refractivity contribution >= 4 is 17.3 Å². The third-order valence-electron chi connectivity index (χ3n) is 2.68. The van der Waals surface area contributed by atoms with E-state index in [0.717, 1.165) is 5.01 Å². The standard InChI is InChI=1S/C12H11F3N2O/c1-6(2)10-5-12(18)17(16-10)11-4-8(14)7(13)3-9(11)15/h3-4,6H,5H2,1-2H3. The fourth-order valence-corrected chi connectivity index (χ4v) is 1.63. The number of carbonyl (C=O) groups is 1. The molecule has 0 fully saturated rings. The van der Waals surface area contributed by atoms with E-state index in [9.17, 15) is 18.0 Å². The molecular weight excluding hydrogens is 245 g/mol. The summed E-state index contributed by atoms with van der Waals surface area (Å²) in [4.78, 5) is 11.7. The van der Waals surface area contributed by atoms with Crippen molar-refractivity contribution in [3.63, 3.8) is 0 Å². The summed E-state index contributed by atoms with van der Waals surface area (Å²) >= 11 is 0. The van der Waals surface area contributed by atoms with Crippen LogP contribution in [0.25, 0.3) is 0 Å². The van der Waals surface area contributed by atoms with Crippen molar-refractivity contribution in [3.05, 3.63) is 29.6 Å². The highest BCUT2D eigenvalue weighted by Gasteiger charge is 2.29. The molecular formula is C12H11F3N2O. The molecule has 1 aliphatic heterocycles. The van der Waals surface area contributed by atoms with Crippen LogP contribution < -0.4 is 5.01 Å². The predicted molar refractivity (Wildman–Crippen MR) is 60.7 cm³/mol. The average Bonchev–Trinajstić information content (AvgIpc) is 2.66. The van der Waals surface area contributed by atoms with Crippen LogP contribution in [0.4, 0.5) is 18.9 Å². The van der Waals surface area contributed by atoms with Crippen LogP contribution in [-0.4, -0.2) is 11.6 Å². The van der Waals surface area contributed by atoms with Gasteiger partial charge in [0, 0.05) is 12.1 Å². The number of hydrogen-bond acceptors (Lipinski definition) is 2. The third-order valence-corrected chi connectivity index (χ3v) is 2.68. The van der Waals surface area contributed by atoms with Crippen LogP contribution in [0.15, 0.2) is 17.2 Å². The first-order valence-electron chi connectivity index (χ1n) is 5.45.